The van der Waals surface area contributed by atoms with Crippen molar-refractivity contribution in [3.8, 4) is 0 Å². The summed E-state index contributed by atoms with van der Waals surface area (Å²) in [5, 5.41) is 0. The lowest BCUT2D eigenvalue weighted by atomic mass is 10.4. The van der Waals surface area contributed by atoms with Crippen molar-refractivity contribution in [2.24, 2.45) is 5.73 Å². The second kappa shape index (κ2) is 9.11. The molecule has 0 saturated heterocycles. The van der Waals surface area contributed by atoms with Crippen molar-refractivity contribution in [1.82, 2.24) is 4.90 Å². The molecule has 0 atom stereocenters. The van der Waals surface area contributed by atoms with Crippen molar-refractivity contribution in [3.05, 3.63) is 0 Å². The van der Waals surface area contributed by atoms with Crippen LogP contribution in [0.5, 0.6) is 0 Å². The van der Waals surface area contributed by atoms with Crippen LogP contribution in [0.1, 0.15) is 13.8 Å². The Kier molecular flexibility index (Phi) is 8.46. The molecule has 0 aromatic rings. The molecule has 0 rings (SSSR count). The van der Waals surface area contributed by atoms with Crippen LogP contribution in [0.25, 0.3) is 0 Å². The summed E-state index contributed by atoms with van der Waals surface area (Å²) in [4.78, 5) is 23.1. The first-order chi connectivity index (χ1) is 7.56. The molecule has 6 heteroatoms. The molecule has 0 amide bonds. The summed E-state index contributed by atoms with van der Waals surface area (Å²) in [5.74, 6) is -0.597. The van der Waals surface area contributed by atoms with Gasteiger partial charge in [-0.3, -0.25) is 14.5 Å². The van der Waals surface area contributed by atoms with Gasteiger partial charge < -0.3 is 15.2 Å². The summed E-state index contributed by atoms with van der Waals surface area (Å²) in [6, 6.07) is 0. The van der Waals surface area contributed by atoms with Crippen LogP contribution in [0, 0.1) is 0 Å². The monoisotopic (exact) mass is 232 g/mol. The van der Waals surface area contributed by atoms with E-state index in [0.717, 1.165) is 0 Å². The van der Waals surface area contributed by atoms with Gasteiger partial charge in [0.15, 0.2) is 0 Å². The molecule has 94 valence electrons. The molecule has 0 radical (unpaired) electrons. The maximum atomic E-state index is 10.6. The van der Waals surface area contributed by atoms with Gasteiger partial charge in [0.25, 0.3) is 0 Å². The van der Waals surface area contributed by atoms with Crippen molar-refractivity contribution in [2.45, 2.75) is 13.8 Å². The first-order valence-electron chi connectivity index (χ1n) is 5.25. The van der Waals surface area contributed by atoms with Crippen molar-refractivity contribution < 1.29 is 19.1 Å². The number of hydrogen-bond acceptors (Lipinski definition) is 6. The highest BCUT2D eigenvalue weighted by Crippen LogP contribution is 1.89. The number of hydrogen-bond donors (Lipinski definition) is 1. The molecule has 2 N–H and O–H groups in total. The lowest BCUT2D eigenvalue weighted by molar-refractivity contribution is -0.141. The lowest BCUT2D eigenvalue weighted by Crippen LogP contribution is -2.35. The number of carbonyl (C=O) groups is 2. The molecule has 0 aliphatic carbocycles. The first-order valence-corrected chi connectivity index (χ1v) is 5.25. The second-order valence-electron chi connectivity index (χ2n) is 3.31. The van der Waals surface area contributed by atoms with Crippen molar-refractivity contribution >= 4 is 11.9 Å². The van der Waals surface area contributed by atoms with E-state index in [1.54, 1.807) is 0 Å². The summed E-state index contributed by atoms with van der Waals surface area (Å²) in [6.07, 6.45) is 0. The van der Waals surface area contributed by atoms with Crippen LogP contribution in [0.15, 0.2) is 0 Å². The minimum absolute atomic E-state index is 0.298. The first kappa shape index (κ1) is 14.9. The second-order valence-corrected chi connectivity index (χ2v) is 3.31. The zero-order valence-corrected chi connectivity index (χ0v) is 9.90. The Hall–Kier alpha value is -1.14. The van der Waals surface area contributed by atoms with Gasteiger partial charge in [0.2, 0.25) is 0 Å². The van der Waals surface area contributed by atoms with Gasteiger partial charge in [-0.05, 0) is 0 Å². The highest BCUT2D eigenvalue weighted by atomic mass is 16.5. The molecular formula is C10H20N2O4. The molecule has 0 aliphatic rings. The number of nitrogens with zero attached hydrogens (tertiary/aromatic N) is 1. The molecule has 16 heavy (non-hydrogen) atoms. The number of nitrogens with two attached hydrogens (primary N) is 1. The summed E-state index contributed by atoms with van der Waals surface area (Å²) >= 11 is 0. The molecule has 0 unspecified atom stereocenters. The van der Waals surface area contributed by atoms with Crippen LogP contribution in [-0.2, 0) is 19.1 Å². The SMILES string of the molecule is CC(=O)OCCN(CCN)CCOC(C)=O. The van der Waals surface area contributed by atoms with E-state index in [2.05, 4.69) is 0 Å². The largest absolute Gasteiger partial charge is 0.465 e. The smallest absolute Gasteiger partial charge is 0.302 e. The average Bonchev–Trinajstić information content (AvgIpc) is 2.16. The topological polar surface area (TPSA) is 81.9 Å². The van der Waals surface area contributed by atoms with Crippen LogP contribution in [0.2, 0.25) is 0 Å². The number of carbonyl (C=O) groups excluding carboxylic acids is 2. The van der Waals surface area contributed by atoms with E-state index < -0.39 is 0 Å². The van der Waals surface area contributed by atoms with Crippen LogP contribution in [-0.4, -0.2) is 56.2 Å². The van der Waals surface area contributed by atoms with Gasteiger partial charge in [0, 0.05) is 40.0 Å². The molecule has 0 fully saturated rings. The molecule has 0 bridgehead atoms. The van der Waals surface area contributed by atoms with E-state index >= 15 is 0 Å². The Labute approximate surface area is 95.7 Å². The van der Waals surface area contributed by atoms with Gasteiger partial charge in [-0.25, -0.2) is 0 Å². The van der Waals surface area contributed by atoms with Crippen LogP contribution >= 0.6 is 0 Å². The maximum absolute atomic E-state index is 10.6. The van der Waals surface area contributed by atoms with Gasteiger partial charge in [-0.2, -0.15) is 0 Å². The highest BCUT2D eigenvalue weighted by Gasteiger charge is 2.05. The zero-order chi connectivity index (χ0) is 12.4. The van der Waals surface area contributed by atoms with Crippen molar-refractivity contribution in [1.29, 1.82) is 0 Å². The fourth-order valence-electron chi connectivity index (χ4n) is 1.15. The van der Waals surface area contributed by atoms with Gasteiger partial charge in [-0.15, -0.1) is 0 Å². The van der Waals surface area contributed by atoms with E-state index in [1.807, 2.05) is 4.90 Å². The molecule has 0 spiro atoms. The van der Waals surface area contributed by atoms with Gasteiger partial charge >= 0.3 is 11.9 Å². The summed E-state index contributed by atoms with van der Waals surface area (Å²) in [7, 11) is 0. The standard InChI is InChI=1S/C10H20N2O4/c1-9(13)15-7-5-12(4-3-11)6-8-16-10(2)14/h3-8,11H2,1-2H3. The Morgan fingerprint density at radius 1 is 1.00 bits per heavy atom. The molecule has 6 nitrogen and oxygen atoms in total. The fourth-order valence-corrected chi connectivity index (χ4v) is 1.15. The van der Waals surface area contributed by atoms with E-state index in [1.165, 1.54) is 13.8 Å². The highest BCUT2D eigenvalue weighted by molar-refractivity contribution is 5.66. The summed E-state index contributed by atoms with van der Waals surface area (Å²) in [6.45, 7) is 5.78. The predicted octanol–water partition coefficient (Wildman–Crippen LogP) is -0.627. The third-order valence-electron chi connectivity index (χ3n) is 1.87. The van der Waals surface area contributed by atoms with Crippen LogP contribution < -0.4 is 5.73 Å². The van der Waals surface area contributed by atoms with E-state index in [0.29, 0.717) is 39.4 Å². The number of rotatable bonds is 8. The van der Waals surface area contributed by atoms with Crippen molar-refractivity contribution in [2.75, 3.05) is 39.4 Å². The number of ether oxygens (including phenoxy) is 2. The lowest BCUT2D eigenvalue weighted by Gasteiger charge is -2.20. The average molecular weight is 232 g/mol. The Morgan fingerprint density at radius 3 is 1.75 bits per heavy atom. The fraction of sp³-hybridized carbons (Fsp3) is 0.800. The minimum atomic E-state index is -0.298. The molecule has 0 aromatic heterocycles. The molecule has 0 aliphatic heterocycles. The number of esters is 2. The maximum Gasteiger partial charge on any atom is 0.302 e. The van der Waals surface area contributed by atoms with Gasteiger partial charge in [-0.1, -0.05) is 0 Å². The summed E-state index contributed by atoms with van der Waals surface area (Å²) < 4.78 is 9.63. The molecule has 0 heterocycles. The van der Waals surface area contributed by atoms with Crippen LogP contribution in [0.4, 0.5) is 0 Å². The molecule has 0 aromatic carbocycles. The Bertz CT molecular complexity index is 201. The van der Waals surface area contributed by atoms with E-state index in [-0.39, 0.29) is 11.9 Å². The van der Waals surface area contributed by atoms with E-state index in [9.17, 15) is 9.59 Å². The normalized spacial score (nSPS) is 10.2. The minimum Gasteiger partial charge on any atom is -0.465 e. The Balaban J connectivity index is 3.69. The predicted molar refractivity (Wildman–Crippen MR) is 58.8 cm³/mol. The Morgan fingerprint density at radius 2 is 1.44 bits per heavy atom. The molecular weight excluding hydrogens is 212 g/mol. The third-order valence-corrected chi connectivity index (χ3v) is 1.87. The van der Waals surface area contributed by atoms with E-state index in [4.69, 9.17) is 15.2 Å². The summed E-state index contributed by atoms with van der Waals surface area (Å²) in [5.41, 5.74) is 5.44. The molecule has 0 saturated carbocycles. The van der Waals surface area contributed by atoms with Gasteiger partial charge in [0.1, 0.15) is 13.2 Å². The third kappa shape index (κ3) is 9.42. The van der Waals surface area contributed by atoms with Crippen LogP contribution in [0.3, 0.4) is 0 Å². The van der Waals surface area contributed by atoms with Gasteiger partial charge in [0.05, 0.1) is 0 Å². The quantitative estimate of drug-likeness (QED) is 0.561. The van der Waals surface area contributed by atoms with Crippen molar-refractivity contribution in [3.63, 3.8) is 0 Å². The zero-order valence-electron chi connectivity index (χ0n) is 9.90.